The molecule has 1 atom stereocenters. The first kappa shape index (κ1) is 13.2. The average Bonchev–Trinajstić information content (AvgIpc) is 2.68. The molecule has 18 heavy (non-hydrogen) atoms. The number of amides is 1. The first-order valence-corrected chi connectivity index (χ1v) is 6.67. The molecule has 0 saturated heterocycles. The number of hydrogen-bond acceptors (Lipinski definition) is 4. The number of halogens is 1. The Morgan fingerprint density at radius 3 is 2.89 bits per heavy atom. The number of thioether (sulfide) groups is 1. The van der Waals surface area contributed by atoms with E-state index in [0.29, 0.717) is 21.3 Å². The van der Waals surface area contributed by atoms with Crippen LogP contribution in [0.25, 0.3) is 11.1 Å². The molecule has 2 aromatic rings. The van der Waals surface area contributed by atoms with E-state index in [1.54, 1.807) is 37.2 Å². The zero-order valence-electron chi connectivity index (χ0n) is 10.3. The molecule has 0 fully saturated rings. The van der Waals surface area contributed by atoms with Crippen LogP contribution in [0.5, 0.6) is 0 Å². The Labute approximate surface area is 114 Å². The Bertz CT molecular complexity index is 582. The summed E-state index contributed by atoms with van der Waals surface area (Å²) in [5.41, 5.74) is 1.38. The van der Waals surface area contributed by atoms with E-state index >= 15 is 0 Å². The molecule has 6 heteroatoms. The van der Waals surface area contributed by atoms with Gasteiger partial charge >= 0.3 is 0 Å². The molecule has 96 valence electrons. The van der Waals surface area contributed by atoms with Gasteiger partial charge in [0.2, 0.25) is 5.91 Å². The van der Waals surface area contributed by atoms with Gasteiger partial charge in [-0.2, -0.15) is 0 Å². The lowest BCUT2D eigenvalue weighted by atomic mass is 10.3. The van der Waals surface area contributed by atoms with Crippen LogP contribution in [0.4, 0.5) is 0 Å². The number of oxazole rings is 1. The molecule has 1 aromatic heterocycles. The van der Waals surface area contributed by atoms with Gasteiger partial charge in [0.25, 0.3) is 5.22 Å². The lowest BCUT2D eigenvalue weighted by Gasteiger charge is -2.14. The Morgan fingerprint density at radius 2 is 2.22 bits per heavy atom. The van der Waals surface area contributed by atoms with Crippen LogP contribution in [0.1, 0.15) is 6.92 Å². The summed E-state index contributed by atoms with van der Waals surface area (Å²) in [6.45, 7) is 1.83. The van der Waals surface area contributed by atoms with Gasteiger partial charge in [0.1, 0.15) is 5.52 Å². The molecule has 0 aliphatic heterocycles. The molecule has 0 aliphatic rings. The molecular formula is C12H13ClN2O2S. The van der Waals surface area contributed by atoms with Gasteiger partial charge in [0.15, 0.2) is 5.58 Å². The molecule has 1 heterocycles. The van der Waals surface area contributed by atoms with Gasteiger partial charge in [0.05, 0.1) is 5.25 Å². The van der Waals surface area contributed by atoms with E-state index in [1.807, 2.05) is 6.92 Å². The van der Waals surface area contributed by atoms with E-state index in [-0.39, 0.29) is 11.2 Å². The fourth-order valence-corrected chi connectivity index (χ4v) is 2.56. The van der Waals surface area contributed by atoms with Crippen molar-refractivity contribution in [2.24, 2.45) is 0 Å². The summed E-state index contributed by atoms with van der Waals surface area (Å²) in [7, 11) is 3.45. The summed E-state index contributed by atoms with van der Waals surface area (Å²) < 4.78 is 5.55. The summed E-state index contributed by atoms with van der Waals surface area (Å²) in [5.74, 6) is 0.0280. The van der Waals surface area contributed by atoms with Crippen LogP contribution in [0.15, 0.2) is 27.8 Å². The highest BCUT2D eigenvalue weighted by Gasteiger charge is 2.19. The predicted molar refractivity (Wildman–Crippen MR) is 73.0 cm³/mol. The largest absolute Gasteiger partial charge is 0.431 e. The van der Waals surface area contributed by atoms with Crippen LogP contribution < -0.4 is 0 Å². The SMILES string of the molecule is CC(Sc1nc2cc(Cl)ccc2o1)C(=O)N(C)C. The molecule has 0 radical (unpaired) electrons. The van der Waals surface area contributed by atoms with Crippen molar-refractivity contribution < 1.29 is 9.21 Å². The zero-order valence-corrected chi connectivity index (χ0v) is 11.9. The summed E-state index contributed by atoms with van der Waals surface area (Å²) in [6, 6.07) is 5.26. The van der Waals surface area contributed by atoms with Gasteiger partial charge in [-0.15, -0.1) is 0 Å². The number of nitrogens with zero attached hydrogens (tertiary/aromatic N) is 2. The van der Waals surface area contributed by atoms with Crippen LogP contribution in [0.2, 0.25) is 5.02 Å². The smallest absolute Gasteiger partial charge is 0.257 e. The van der Waals surface area contributed by atoms with Crippen molar-refractivity contribution in [2.45, 2.75) is 17.4 Å². The maximum atomic E-state index is 11.7. The minimum Gasteiger partial charge on any atom is -0.431 e. The molecule has 0 aliphatic carbocycles. The Kier molecular flexibility index (Phi) is 3.82. The Hall–Kier alpha value is -1.20. The topological polar surface area (TPSA) is 46.3 Å². The van der Waals surface area contributed by atoms with Gasteiger partial charge in [0, 0.05) is 19.1 Å². The molecule has 0 spiro atoms. The number of hydrogen-bond donors (Lipinski definition) is 0. The van der Waals surface area contributed by atoms with Gasteiger partial charge < -0.3 is 9.32 Å². The van der Waals surface area contributed by atoms with Crippen LogP contribution in [0.3, 0.4) is 0 Å². The summed E-state index contributed by atoms with van der Waals surface area (Å²) in [5, 5.41) is 0.864. The molecule has 0 saturated carbocycles. The van der Waals surface area contributed by atoms with Crippen molar-refractivity contribution in [3.63, 3.8) is 0 Å². The summed E-state index contributed by atoms with van der Waals surface area (Å²) in [6.07, 6.45) is 0. The molecule has 4 nitrogen and oxygen atoms in total. The monoisotopic (exact) mass is 284 g/mol. The van der Waals surface area contributed by atoms with E-state index in [9.17, 15) is 4.79 Å². The highest BCUT2D eigenvalue weighted by Crippen LogP contribution is 2.28. The first-order chi connectivity index (χ1) is 8.47. The second-order valence-corrected chi connectivity index (χ2v) is 5.81. The van der Waals surface area contributed by atoms with Crippen molar-refractivity contribution in [1.82, 2.24) is 9.88 Å². The molecule has 1 aromatic carbocycles. The lowest BCUT2D eigenvalue weighted by Crippen LogP contribution is -2.29. The molecule has 2 rings (SSSR count). The van der Waals surface area contributed by atoms with Crippen molar-refractivity contribution in [3.8, 4) is 0 Å². The highest BCUT2D eigenvalue weighted by atomic mass is 35.5. The number of benzene rings is 1. The van der Waals surface area contributed by atoms with Crippen LogP contribution >= 0.6 is 23.4 Å². The fourth-order valence-electron chi connectivity index (χ4n) is 1.50. The number of rotatable bonds is 3. The molecule has 0 N–H and O–H groups in total. The minimum atomic E-state index is -0.233. The molecular weight excluding hydrogens is 272 g/mol. The van der Waals surface area contributed by atoms with Gasteiger partial charge in [-0.05, 0) is 25.1 Å². The third-order valence-corrected chi connectivity index (χ3v) is 3.56. The van der Waals surface area contributed by atoms with E-state index in [4.69, 9.17) is 16.0 Å². The first-order valence-electron chi connectivity index (χ1n) is 5.41. The van der Waals surface area contributed by atoms with Crippen LogP contribution in [-0.2, 0) is 4.79 Å². The summed E-state index contributed by atoms with van der Waals surface area (Å²) >= 11 is 7.18. The van der Waals surface area contributed by atoms with E-state index in [1.165, 1.54) is 11.8 Å². The van der Waals surface area contributed by atoms with E-state index in [0.717, 1.165) is 0 Å². The standard InChI is InChI=1S/C12H13ClN2O2S/c1-7(11(16)15(2)3)18-12-14-9-6-8(13)4-5-10(9)17-12/h4-7H,1-3H3. The van der Waals surface area contributed by atoms with Gasteiger partial charge in [-0.1, -0.05) is 23.4 Å². The van der Waals surface area contributed by atoms with Crippen molar-refractivity contribution in [3.05, 3.63) is 23.2 Å². The van der Waals surface area contributed by atoms with Crippen molar-refractivity contribution >= 4 is 40.4 Å². The predicted octanol–water partition coefficient (Wildman–Crippen LogP) is 3.05. The normalized spacial score (nSPS) is 12.7. The average molecular weight is 285 g/mol. The molecule has 0 bridgehead atoms. The number of aromatic nitrogens is 1. The second-order valence-electron chi connectivity index (χ2n) is 4.08. The maximum absolute atomic E-state index is 11.7. The highest BCUT2D eigenvalue weighted by molar-refractivity contribution is 8.00. The van der Waals surface area contributed by atoms with Crippen LogP contribution in [-0.4, -0.2) is 35.1 Å². The number of carbonyl (C=O) groups is 1. The van der Waals surface area contributed by atoms with Crippen molar-refractivity contribution in [2.75, 3.05) is 14.1 Å². The van der Waals surface area contributed by atoms with E-state index < -0.39 is 0 Å². The minimum absolute atomic E-state index is 0.0280. The number of fused-ring (bicyclic) bond motifs is 1. The Balaban J connectivity index is 2.19. The van der Waals surface area contributed by atoms with Gasteiger partial charge in [-0.25, -0.2) is 4.98 Å². The third-order valence-electron chi connectivity index (χ3n) is 2.40. The van der Waals surface area contributed by atoms with Gasteiger partial charge in [-0.3, -0.25) is 4.79 Å². The maximum Gasteiger partial charge on any atom is 0.257 e. The second kappa shape index (κ2) is 5.20. The lowest BCUT2D eigenvalue weighted by molar-refractivity contribution is -0.127. The Morgan fingerprint density at radius 1 is 1.50 bits per heavy atom. The number of carbonyl (C=O) groups excluding carboxylic acids is 1. The summed E-state index contributed by atoms with van der Waals surface area (Å²) in [4.78, 5) is 17.6. The molecule has 1 unspecified atom stereocenters. The molecule has 1 amide bonds. The van der Waals surface area contributed by atoms with Crippen LogP contribution in [0, 0.1) is 0 Å². The fraction of sp³-hybridized carbons (Fsp3) is 0.333. The quantitative estimate of drug-likeness (QED) is 0.813. The zero-order chi connectivity index (χ0) is 13.3. The van der Waals surface area contributed by atoms with Crippen molar-refractivity contribution in [1.29, 1.82) is 0 Å². The van der Waals surface area contributed by atoms with E-state index in [2.05, 4.69) is 4.98 Å². The third kappa shape index (κ3) is 2.79.